The molecule has 0 saturated carbocycles. The second-order valence-corrected chi connectivity index (χ2v) is 5.03. The minimum Gasteiger partial charge on any atom is -0.366 e. The number of primary amides is 1. The number of hydrogen-bond acceptors (Lipinski definition) is 3. The zero-order valence-corrected chi connectivity index (χ0v) is 10.3. The summed E-state index contributed by atoms with van der Waals surface area (Å²) in [5, 5.41) is 0. The quantitative estimate of drug-likeness (QED) is 0.725. The molecule has 2 aromatic carbocycles. The van der Waals surface area contributed by atoms with Crippen LogP contribution < -0.4 is 5.73 Å². The largest absolute Gasteiger partial charge is 0.366 e. The molecule has 2 N–H and O–H groups in total. The lowest BCUT2D eigenvalue weighted by molar-refractivity contribution is 0.100. The van der Waals surface area contributed by atoms with Crippen molar-refractivity contribution in [3.8, 4) is 0 Å². The van der Waals surface area contributed by atoms with Crippen molar-refractivity contribution in [3.05, 3.63) is 53.6 Å². The molecule has 0 atom stereocenters. The van der Waals surface area contributed by atoms with E-state index in [1.807, 2.05) is 30.5 Å². The lowest BCUT2D eigenvalue weighted by Crippen LogP contribution is -2.10. The predicted molar refractivity (Wildman–Crippen MR) is 72.8 cm³/mol. The molecule has 0 aliphatic carbocycles. The van der Waals surface area contributed by atoms with Gasteiger partial charge in [0.2, 0.25) is 5.91 Å². The SMILES string of the molecule is NC(=O)c1ccc2c(c1)N=Cc1ccccc1S2. The number of aliphatic imine (C=N–C) groups is 1. The van der Waals surface area contributed by atoms with Crippen molar-refractivity contribution in [2.75, 3.05) is 0 Å². The highest BCUT2D eigenvalue weighted by Crippen LogP contribution is 2.39. The Hall–Kier alpha value is -2.07. The molecule has 0 unspecified atom stereocenters. The number of rotatable bonds is 1. The molecule has 0 fully saturated rings. The lowest BCUT2D eigenvalue weighted by atomic mass is 10.2. The summed E-state index contributed by atoms with van der Waals surface area (Å²) in [5.41, 5.74) is 7.62. The number of nitrogens with two attached hydrogens (primary N) is 1. The van der Waals surface area contributed by atoms with Crippen LogP contribution in [0.3, 0.4) is 0 Å². The van der Waals surface area contributed by atoms with Crippen LogP contribution in [0.4, 0.5) is 5.69 Å². The first-order chi connectivity index (χ1) is 8.74. The third-order valence-corrected chi connectivity index (χ3v) is 3.88. The summed E-state index contributed by atoms with van der Waals surface area (Å²) in [5.74, 6) is -0.431. The van der Waals surface area contributed by atoms with Crippen molar-refractivity contribution in [2.45, 2.75) is 9.79 Å². The Morgan fingerprint density at radius 2 is 1.94 bits per heavy atom. The number of nitrogens with zero attached hydrogens (tertiary/aromatic N) is 1. The molecule has 0 radical (unpaired) electrons. The summed E-state index contributed by atoms with van der Waals surface area (Å²) in [6, 6.07) is 13.4. The molecule has 0 saturated heterocycles. The van der Waals surface area contributed by atoms with Gasteiger partial charge in [0.1, 0.15) is 0 Å². The Morgan fingerprint density at radius 1 is 1.11 bits per heavy atom. The van der Waals surface area contributed by atoms with Crippen LogP contribution in [0.1, 0.15) is 15.9 Å². The summed E-state index contributed by atoms with van der Waals surface area (Å²) >= 11 is 1.65. The molecule has 1 aliphatic heterocycles. The molecule has 4 heteroatoms. The third kappa shape index (κ3) is 1.91. The third-order valence-electron chi connectivity index (χ3n) is 2.73. The summed E-state index contributed by atoms with van der Waals surface area (Å²) in [6.07, 6.45) is 1.82. The summed E-state index contributed by atoms with van der Waals surface area (Å²) < 4.78 is 0. The fraction of sp³-hybridized carbons (Fsp3) is 0. The summed E-state index contributed by atoms with van der Waals surface area (Å²) in [6.45, 7) is 0. The van der Waals surface area contributed by atoms with Gasteiger partial charge in [-0.2, -0.15) is 0 Å². The van der Waals surface area contributed by atoms with Gasteiger partial charge in [-0.25, -0.2) is 0 Å². The van der Waals surface area contributed by atoms with Crippen LogP contribution in [-0.2, 0) is 0 Å². The summed E-state index contributed by atoms with van der Waals surface area (Å²) in [7, 11) is 0. The Bertz CT molecular complexity index is 665. The van der Waals surface area contributed by atoms with Crippen molar-refractivity contribution in [3.63, 3.8) is 0 Å². The fourth-order valence-corrected chi connectivity index (χ4v) is 2.77. The van der Waals surface area contributed by atoms with Gasteiger partial charge in [0, 0.05) is 27.1 Å². The van der Waals surface area contributed by atoms with E-state index in [0.717, 1.165) is 21.0 Å². The molecule has 18 heavy (non-hydrogen) atoms. The molecule has 2 aromatic rings. The predicted octanol–water partition coefficient (Wildman–Crippen LogP) is 3.00. The second-order valence-electron chi connectivity index (χ2n) is 3.94. The van der Waals surface area contributed by atoms with Crippen molar-refractivity contribution < 1.29 is 4.79 Å². The van der Waals surface area contributed by atoms with Gasteiger partial charge in [-0.15, -0.1) is 0 Å². The Labute approximate surface area is 109 Å². The minimum atomic E-state index is -0.431. The number of fused-ring (bicyclic) bond motifs is 2. The highest BCUT2D eigenvalue weighted by atomic mass is 32.2. The Kier molecular flexibility index (Phi) is 2.64. The molecule has 0 aromatic heterocycles. The molecule has 1 amide bonds. The van der Waals surface area contributed by atoms with Crippen molar-refractivity contribution in [1.82, 2.24) is 0 Å². The first kappa shape index (κ1) is 11.0. The molecular weight excluding hydrogens is 244 g/mol. The normalized spacial score (nSPS) is 12.4. The van der Waals surface area contributed by atoms with Gasteiger partial charge in [-0.05, 0) is 24.3 Å². The Morgan fingerprint density at radius 3 is 2.78 bits per heavy atom. The van der Waals surface area contributed by atoms with Crippen molar-refractivity contribution in [1.29, 1.82) is 0 Å². The Balaban J connectivity index is 2.12. The maximum atomic E-state index is 11.2. The van der Waals surface area contributed by atoms with Gasteiger partial charge in [0.05, 0.1) is 5.69 Å². The van der Waals surface area contributed by atoms with Gasteiger partial charge < -0.3 is 5.73 Å². The molecule has 88 valence electrons. The van der Waals surface area contributed by atoms with E-state index in [9.17, 15) is 4.79 Å². The fourth-order valence-electron chi connectivity index (χ4n) is 1.80. The molecular formula is C14H10N2OS. The lowest BCUT2D eigenvalue weighted by Gasteiger charge is -2.05. The van der Waals surface area contributed by atoms with Crippen LogP contribution in [0.5, 0.6) is 0 Å². The number of carbonyl (C=O) groups excluding carboxylic acids is 1. The van der Waals surface area contributed by atoms with E-state index in [1.54, 1.807) is 23.9 Å². The number of benzene rings is 2. The van der Waals surface area contributed by atoms with Gasteiger partial charge in [0.15, 0.2) is 0 Å². The van der Waals surface area contributed by atoms with Gasteiger partial charge in [-0.3, -0.25) is 9.79 Å². The van der Waals surface area contributed by atoms with E-state index in [0.29, 0.717) is 5.56 Å². The molecule has 0 spiro atoms. The maximum Gasteiger partial charge on any atom is 0.248 e. The topological polar surface area (TPSA) is 55.5 Å². The van der Waals surface area contributed by atoms with Crippen LogP contribution in [-0.4, -0.2) is 12.1 Å². The summed E-state index contributed by atoms with van der Waals surface area (Å²) in [4.78, 5) is 17.8. The van der Waals surface area contributed by atoms with E-state index in [4.69, 9.17) is 5.73 Å². The monoisotopic (exact) mass is 254 g/mol. The highest BCUT2D eigenvalue weighted by Gasteiger charge is 2.12. The van der Waals surface area contributed by atoms with E-state index in [-0.39, 0.29) is 0 Å². The van der Waals surface area contributed by atoms with Crippen LogP contribution in [0, 0.1) is 0 Å². The van der Waals surface area contributed by atoms with Crippen LogP contribution in [0.15, 0.2) is 57.2 Å². The number of carbonyl (C=O) groups is 1. The average molecular weight is 254 g/mol. The van der Waals surface area contributed by atoms with Gasteiger partial charge >= 0.3 is 0 Å². The van der Waals surface area contributed by atoms with E-state index >= 15 is 0 Å². The first-order valence-electron chi connectivity index (χ1n) is 5.49. The highest BCUT2D eigenvalue weighted by molar-refractivity contribution is 7.99. The average Bonchev–Trinajstić information content (AvgIpc) is 2.56. The maximum absolute atomic E-state index is 11.2. The van der Waals surface area contributed by atoms with Crippen LogP contribution in [0.25, 0.3) is 0 Å². The van der Waals surface area contributed by atoms with Gasteiger partial charge in [0.25, 0.3) is 0 Å². The zero-order chi connectivity index (χ0) is 12.5. The van der Waals surface area contributed by atoms with Crippen molar-refractivity contribution >= 4 is 29.6 Å². The minimum absolute atomic E-state index is 0.431. The van der Waals surface area contributed by atoms with E-state index in [2.05, 4.69) is 11.1 Å². The van der Waals surface area contributed by atoms with E-state index < -0.39 is 5.91 Å². The van der Waals surface area contributed by atoms with Gasteiger partial charge in [-0.1, -0.05) is 30.0 Å². The smallest absolute Gasteiger partial charge is 0.248 e. The van der Waals surface area contributed by atoms with Crippen LogP contribution >= 0.6 is 11.8 Å². The standard InChI is InChI=1S/C14H10N2OS/c15-14(17)9-5-6-13-11(7-9)16-8-10-3-1-2-4-12(10)18-13/h1-8H,(H2,15,17). The van der Waals surface area contributed by atoms with Crippen molar-refractivity contribution in [2.24, 2.45) is 10.7 Å². The first-order valence-corrected chi connectivity index (χ1v) is 6.30. The molecule has 0 bridgehead atoms. The number of amides is 1. The van der Waals surface area contributed by atoms with E-state index in [1.165, 1.54) is 0 Å². The molecule has 3 rings (SSSR count). The molecule has 3 nitrogen and oxygen atoms in total. The molecule has 1 heterocycles. The van der Waals surface area contributed by atoms with Crippen LogP contribution in [0.2, 0.25) is 0 Å². The molecule has 1 aliphatic rings. The zero-order valence-electron chi connectivity index (χ0n) is 9.46. The second kappa shape index (κ2) is 4.31. The number of hydrogen-bond donors (Lipinski definition) is 1.